The Labute approximate surface area is 230 Å². The molecule has 2 bridgehead atoms. The van der Waals surface area contributed by atoms with E-state index in [9.17, 15) is 30.8 Å². The molecular weight excluding hydrogens is 560 g/mol. The summed E-state index contributed by atoms with van der Waals surface area (Å²) in [4.78, 5) is 11.4. The first-order chi connectivity index (χ1) is 19.6. The zero-order chi connectivity index (χ0) is 28.8. The fourth-order valence-corrected chi connectivity index (χ4v) is 7.25. The minimum atomic E-state index is -5.66. The van der Waals surface area contributed by atoms with Gasteiger partial charge in [0.2, 0.25) is 17.4 Å². The average Bonchev–Trinajstić information content (AvgIpc) is 2.97. The molecule has 0 aromatic heterocycles. The summed E-state index contributed by atoms with van der Waals surface area (Å²) in [5.74, 6) is -14.0. The first-order valence-electron chi connectivity index (χ1n) is 12.7. The number of fused-ring (bicyclic) bond motifs is 3. The van der Waals surface area contributed by atoms with Crippen LogP contribution >= 0.6 is 0 Å². The Balaban J connectivity index is 1.40. The molecule has 1 N–H and O–H groups in total. The smallest absolute Gasteiger partial charge is 0.315 e. The van der Waals surface area contributed by atoms with Gasteiger partial charge in [-0.3, -0.25) is 9.35 Å². The van der Waals surface area contributed by atoms with Crippen molar-refractivity contribution in [2.45, 2.75) is 23.2 Å². The Bertz CT molecular complexity index is 2050. The van der Waals surface area contributed by atoms with Crippen molar-refractivity contribution in [3.05, 3.63) is 118 Å². The third kappa shape index (κ3) is 3.63. The van der Waals surface area contributed by atoms with Gasteiger partial charge in [-0.2, -0.15) is 17.2 Å². The van der Waals surface area contributed by atoms with E-state index in [1.807, 2.05) is 72.8 Å². The normalized spacial score (nSPS) is 19.3. The summed E-state index contributed by atoms with van der Waals surface area (Å²) in [6, 6.07) is 23.3. The number of esters is 1. The molecule has 0 aliphatic heterocycles. The van der Waals surface area contributed by atoms with Crippen molar-refractivity contribution >= 4 is 37.6 Å². The van der Waals surface area contributed by atoms with Crippen LogP contribution in [0.2, 0.25) is 0 Å². The van der Waals surface area contributed by atoms with Crippen molar-refractivity contribution in [1.82, 2.24) is 0 Å². The molecule has 0 radical (unpaired) electrons. The first kappa shape index (κ1) is 25.7. The number of carbonyl (C=O) groups excluding carboxylic acids is 1. The fraction of sp³-hybridized carbons (Fsp3) is 0.129. The molecule has 0 fully saturated rings. The highest BCUT2D eigenvalue weighted by Crippen LogP contribution is 2.58. The van der Waals surface area contributed by atoms with E-state index in [4.69, 9.17) is 9.29 Å². The monoisotopic (exact) mass is 578 g/mol. The number of hydrogen-bond donors (Lipinski definition) is 1. The molecule has 0 saturated carbocycles. The second kappa shape index (κ2) is 8.86. The highest BCUT2D eigenvalue weighted by Gasteiger charge is 2.49. The van der Waals surface area contributed by atoms with E-state index in [1.54, 1.807) is 0 Å². The molecule has 3 atom stereocenters. The van der Waals surface area contributed by atoms with Crippen LogP contribution in [0.1, 0.15) is 40.5 Å². The van der Waals surface area contributed by atoms with Crippen LogP contribution in [0, 0.1) is 29.2 Å². The standard InChI is InChI=1S/C31H18F4O5S/c32-25-27(34)30(41(37,38)39)28(35)26(33)29(25)40-31(36)21-13-20-18-11-9-15-6-2-4-8-17(15)23(18)24(21)19-12-10-14-5-1-3-7-16(14)22(19)20/h1-12,20-21,24H,13H2,(H,37,38,39). The summed E-state index contributed by atoms with van der Waals surface area (Å²) in [7, 11) is -5.66. The maximum atomic E-state index is 14.8. The number of carbonyl (C=O) groups is 1. The number of hydrogen-bond acceptors (Lipinski definition) is 4. The van der Waals surface area contributed by atoms with Crippen molar-refractivity contribution in [2.75, 3.05) is 0 Å². The summed E-state index contributed by atoms with van der Waals surface area (Å²) in [6.07, 6.45) is 0.202. The Morgan fingerprint density at radius 3 is 1.85 bits per heavy atom. The highest BCUT2D eigenvalue weighted by molar-refractivity contribution is 7.85. The van der Waals surface area contributed by atoms with Crippen molar-refractivity contribution in [2.24, 2.45) is 5.92 Å². The molecule has 3 aliphatic rings. The molecule has 41 heavy (non-hydrogen) atoms. The maximum absolute atomic E-state index is 14.8. The fourth-order valence-electron chi connectivity index (χ4n) is 6.62. The summed E-state index contributed by atoms with van der Waals surface area (Å²) in [5.41, 5.74) is 3.75. The van der Waals surface area contributed by atoms with Gasteiger partial charge in [-0.1, -0.05) is 72.8 Å². The van der Waals surface area contributed by atoms with Crippen LogP contribution in [0.4, 0.5) is 17.6 Å². The second-order valence-electron chi connectivity index (χ2n) is 10.3. The molecule has 0 amide bonds. The Morgan fingerprint density at radius 2 is 1.27 bits per heavy atom. The second-order valence-corrected chi connectivity index (χ2v) is 11.6. The molecule has 3 aliphatic carbocycles. The quantitative estimate of drug-likeness (QED) is 0.0820. The highest BCUT2D eigenvalue weighted by atomic mass is 32.2. The lowest BCUT2D eigenvalue weighted by Crippen LogP contribution is -2.38. The van der Waals surface area contributed by atoms with Gasteiger partial charge in [0.25, 0.3) is 0 Å². The minimum Gasteiger partial charge on any atom is -0.420 e. The topological polar surface area (TPSA) is 80.7 Å². The summed E-state index contributed by atoms with van der Waals surface area (Å²) in [6.45, 7) is 0. The molecule has 3 unspecified atom stereocenters. The van der Waals surface area contributed by atoms with Crippen molar-refractivity contribution < 1.29 is 40.1 Å². The molecule has 206 valence electrons. The molecule has 0 saturated heterocycles. The van der Waals surface area contributed by atoms with Gasteiger partial charge in [0.15, 0.2) is 16.5 Å². The Morgan fingerprint density at radius 1 is 0.732 bits per heavy atom. The van der Waals surface area contributed by atoms with Gasteiger partial charge in [-0.15, -0.1) is 0 Å². The predicted molar refractivity (Wildman–Crippen MR) is 141 cm³/mol. The molecule has 5 nitrogen and oxygen atoms in total. The molecule has 10 heteroatoms. The minimum absolute atomic E-state index is 0.202. The third-order valence-corrected chi connectivity index (χ3v) is 9.09. The van der Waals surface area contributed by atoms with E-state index >= 15 is 0 Å². The van der Waals surface area contributed by atoms with Crippen LogP contribution in [0.3, 0.4) is 0 Å². The molecule has 5 aromatic carbocycles. The first-order valence-corrected chi connectivity index (χ1v) is 14.1. The van der Waals surface area contributed by atoms with Crippen LogP contribution in [0.25, 0.3) is 21.5 Å². The largest absolute Gasteiger partial charge is 0.420 e. The lowest BCUT2D eigenvalue weighted by molar-refractivity contribution is -0.140. The van der Waals surface area contributed by atoms with Crippen molar-refractivity contribution in [3.8, 4) is 5.75 Å². The summed E-state index contributed by atoms with van der Waals surface area (Å²) in [5, 5.41) is 3.83. The molecular formula is C31H18F4O5S. The number of halogens is 4. The molecule has 0 spiro atoms. The van der Waals surface area contributed by atoms with Gasteiger partial charge in [-0.05, 0) is 50.2 Å². The number of ether oxygens (including phenoxy) is 1. The lowest BCUT2D eigenvalue weighted by atomic mass is 9.57. The van der Waals surface area contributed by atoms with Gasteiger partial charge in [-0.25, -0.2) is 8.78 Å². The van der Waals surface area contributed by atoms with E-state index in [2.05, 4.69) is 0 Å². The van der Waals surface area contributed by atoms with E-state index in [1.165, 1.54) is 0 Å². The van der Waals surface area contributed by atoms with Crippen LogP contribution in [0.15, 0.2) is 77.7 Å². The lowest BCUT2D eigenvalue weighted by Gasteiger charge is -2.45. The van der Waals surface area contributed by atoms with E-state index in [0.29, 0.717) is 0 Å². The van der Waals surface area contributed by atoms with E-state index in [0.717, 1.165) is 43.8 Å². The zero-order valence-electron chi connectivity index (χ0n) is 20.9. The number of benzene rings is 5. The molecule has 5 aromatic rings. The maximum Gasteiger partial charge on any atom is 0.315 e. The Kier molecular flexibility index (Phi) is 5.55. The molecule has 8 rings (SSSR count). The van der Waals surface area contributed by atoms with Crippen LogP contribution in [-0.2, 0) is 14.9 Å². The van der Waals surface area contributed by atoms with Crippen LogP contribution < -0.4 is 4.74 Å². The van der Waals surface area contributed by atoms with Crippen molar-refractivity contribution in [3.63, 3.8) is 0 Å². The summed E-state index contributed by atoms with van der Waals surface area (Å²) >= 11 is 0. The van der Waals surface area contributed by atoms with Crippen LogP contribution in [-0.4, -0.2) is 18.9 Å². The van der Waals surface area contributed by atoms with Crippen LogP contribution in [0.5, 0.6) is 5.75 Å². The average molecular weight is 579 g/mol. The van der Waals surface area contributed by atoms with E-state index in [-0.39, 0.29) is 12.3 Å². The number of rotatable bonds is 3. The molecule has 0 heterocycles. The predicted octanol–water partition coefficient (Wildman–Crippen LogP) is 7.00. The SMILES string of the molecule is O=C(Oc1c(F)c(F)c(S(=O)(=O)O)c(F)c1F)C1CC2c3ccc4ccccc4c3C1c1ccc3ccccc3c12. The van der Waals surface area contributed by atoms with Gasteiger partial charge in [0.1, 0.15) is 0 Å². The van der Waals surface area contributed by atoms with Gasteiger partial charge in [0.05, 0.1) is 5.92 Å². The zero-order valence-corrected chi connectivity index (χ0v) is 21.7. The van der Waals surface area contributed by atoms with E-state index < -0.39 is 61.8 Å². The van der Waals surface area contributed by atoms with Crippen molar-refractivity contribution in [1.29, 1.82) is 0 Å². The van der Waals surface area contributed by atoms with Gasteiger partial charge < -0.3 is 4.74 Å². The third-order valence-electron chi connectivity index (χ3n) is 8.22. The van der Waals surface area contributed by atoms with Gasteiger partial charge >= 0.3 is 16.1 Å². The Hall–Kier alpha value is -4.28. The van der Waals surface area contributed by atoms with Gasteiger partial charge in [0, 0.05) is 11.8 Å². The summed E-state index contributed by atoms with van der Waals surface area (Å²) < 4.78 is 95.1.